The van der Waals surface area contributed by atoms with Crippen LogP contribution in [0.4, 0.5) is 0 Å². The van der Waals surface area contributed by atoms with E-state index in [1.807, 2.05) is 35.8 Å². The highest BCUT2D eigenvalue weighted by Gasteiger charge is 2.04. The molecule has 0 aromatic carbocycles. The third-order valence-electron chi connectivity index (χ3n) is 3.45. The van der Waals surface area contributed by atoms with Gasteiger partial charge in [0.2, 0.25) is 0 Å². The van der Waals surface area contributed by atoms with Crippen LogP contribution in [0.3, 0.4) is 0 Å². The summed E-state index contributed by atoms with van der Waals surface area (Å²) in [7, 11) is 0. The van der Waals surface area contributed by atoms with Gasteiger partial charge in [0.25, 0.3) is 0 Å². The average molecular weight is 298 g/mol. The van der Waals surface area contributed by atoms with Crippen molar-refractivity contribution in [3.63, 3.8) is 0 Å². The molecule has 0 aliphatic rings. The van der Waals surface area contributed by atoms with Gasteiger partial charge in [-0.25, -0.2) is 14.5 Å². The molecule has 3 aromatic heterocycles. The number of hydrogen-bond donors (Lipinski definition) is 1. The Balaban J connectivity index is 1.68. The minimum Gasteiger partial charge on any atom is -0.391 e. The third kappa shape index (κ3) is 3.29. The maximum atomic E-state index is 9.42. The van der Waals surface area contributed by atoms with Crippen LogP contribution in [-0.4, -0.2) is 37.4 Å². The van der Waals surface area contributed by atoms with E-state index in [1.165, 1.54) is 0 Å². The SMILES string of the molecule is CCC(O)COCc1ncc(-c2ccn3nccc3c2)cn1. The first-order valence-corrected chi connectivity index (χ1v) is 7.27. The molecule has 1 atom stereocenters. The van der Waals surface area contributed by atoms with Crippen LogP contribution < -0.4 is 0 Å². The van der Waals surface area contributed by atoms with Gasteiger partial charge in [0, 0.05) is 30.4 Å². The minimum absolute atomic E-state index is 0.305. The molecule has 0 aliphatic carbocycles. The highest BCUT2D eigenvalue weighted by Crippen LogP contribution is 2.19. The predicted octanol–water partition coefficient (Wildman–Crippen LogP) is 2.08. The fourth-order valence-corrected chi connectivity index (χ4v) is 2.08. The van der Waals surface area contributed by atoms with E-state index < -0.39 is 6.10 Å². The molecule has 1 unspecified atom stereocenters. The molecule has 3 aromatic rings. The monoisotopic (exact) mass is 298 g/mol. The quantitative estimate of drug-likeness (QED) is 0.754. The van der Waals surface area contributed by atoms with Crippen molar-refractivity contribution in [2.45, 2.75) is 26.1 Å². The highest BCUT2D eigenvalue weighted by atomic mass is 16.5. The number of rotatable bonds is 6. The molecule has 0 saturated heterocycles. The maximum absolute atomic E-state index is 9.42. The summed E-state index contributed by atoms with van der Waals surface area (Å²) in [5.74, 6) is 0.609. The van der Waals surface area contributed by atoms with E-state index in [1.54, 1.807) is 18.6 Å². The second kappa shape index (κ2) is 6.64. The Hall–Kier alpha value is -2.31. The Kier molecular flexibility index (Phi) is 4.41. The van der Waals surface area contributed by atoms with Crippen molar-refractivity contribution in [2.75, 3.05) is 6.61 Å². The lowest BCUT2D eigenvalue weighted by molar-refractivity contribution is 0.0244. The Bertz CT molecular complexity index is 739. The fourth-order valence-electron chi connectivity index (χ4n) is 2.08. The van der Waals surface area contributed by atoms with Crippen LogP contribution in [0.5, 0.6) is 0 Å². The number of fused-ring (bicyclic) bond motifs is 1. The van der Waals surface area contributed by atoms with Crippen LogP contribution in [0, 0.1) is 0 Å². The average Bonchev–Trinajstić information content (AvgIpc) is 3.03. The lowest BCUT2D eigenvalue weighted by atomic mass is 10.1. The minimum atomic E-state index is -0.429. The molecule has 6 heteroatoms. The topological polar surface area (TPSA) is 72.5 Å². The smallest absolute Gasteiger partial charge is 0.153 e. The third-order valence-corrected chi connectivity index (χ3v) is 3.45. The van der Waals surface area contributed by atoms with Gasteiger partial charge in [0.1, 0.15) is 6.61 Å². The zero-order chi connectivity index (χ0) is 15.4. The standard InChI is InChI=1S/C16H18N4O2/c1-2-15(21)10-22-11-16-17-8-13(9-18-16)12-4-6-20-14(7-12)3-5-19-20/h3-9,15,21H,2,10-11H2,1H3. The number of hydrogen-bond acceptors (Lipinski definition) is 5. The molecule has 6 nitrogen and oxygen atoms in total. The molecule has 0 bridgehead atoms. The van der Waals surface area contributed by atoms with E-state index in [4.69, 9.17) is 4.74 Å². The van der Waals surface area contributed by atoms with Gasteiger partial charge >= 0.3 is 0 Å². The molecule has 114 valence electrons. The van der Waals surface area contributed by atoms with Crippen LogP contribution in [0.2, 0.25) is 0 Å². The van der Waals surface area contributed by atoms with Crippen molar-refractivity contribution in [1.29, 1.82) is 0 Å². The van der Waals surface area contributed by atoms with Gasteiger partial charge < -0.3 is 9.84 Å². The summed E-state index contributed by atoms with van der Waals surface area (Å²) in [6, 6.07) is 5.97. The molecule has 3 rings (SSSR count). The molecule has 22 heavy (non-hydrogen) atoms. The first kappa shape index (κ1) is 14.6. The molecule has 3 heterocycles. The Morgan fingerprint density at radius 3 is 2.82 bits per heavy atom. The van der Waals surface area contributed by atoms with Crippen LogP contribution in [0.25, 0.3) is 16.6 Å². The summed E-state index contributed by atoms with van der Waals surface area (Å²) >= 11 is 0. The summed E-state index contributed by atoms with van der Waals surface area (Å²) in [4.78, 5) is 8.61. The van der Waals surface area contributed by atoms with Crippen molar-refractivity contribution in [2.24, 2.45) is 0 Å². The summed E-state index contributed by atoms with van der Waals surface area (Å²) in [6.07, 6.45) is 7.49. The number of aromatic nitrogens is 4. The van der Waals surface area contributed by atoms with Gasteiger partial charge in [-0.2, -0.15) is 5.10 Å². The van der Waals surface area contributed by atoms with E-state index in [0.29, 0.717) is 25.5 Å². The lowest BCUT2D eigenvalue weighted by Gasteiger charge is -2.08. The first-order chi connectivity index (χ1) is 10.8. The summed E-state index contributed by atoms with van der Waals surface area (Å²) in [5.41, 5.74) is 3.02. The highest BCUT2D eigenvalue weighted by molar-refractivity contribution is 5.67. The van der Waals surface area contributed by atoms with E-state index in [9.17, 15) is 5.11 Å². The first-order valence-electron chi connectivity index (χ1n) is 7.27. The molecular weight excluding hydrogens is 280 g/mol. The predicted molar refractivity (Wildman–Crippen MR) is 82.2 cm³/mol. The van der Waals surface area contributed by atoms with Crippen LogP contribution >= 0.6 is 0 Å². The summed E-state index contributed by atoms with van der Waals surface area (Å²) < 4.78 is 7.19. The zero-order valence-electron chi connectivity index (χ0n) is 12.4. The van der Waals surface area contributed by atoms with Gasteiger partial charge in [0.15, 0.2) is 5.82 Å². The van der Waals surface area contributed by atoms with Crippen molar-refractivity contribution < 1.29 is 9.84 Å². The fraction of sp³-hybridized carbons (Fsp3) is 0.312. The largest absolute Gasteiger partial charge is 0.391 e. The molecule has 0 saturated carbocycles. The van der Waals surface area contributed by atoms with Gasteiger partial charge in [0.05, 0.1) is 18.2 Å². The van der Waals surface area contributed by atoms with Crippen molar-refractivity contribution >= 4 is 5.52 Å². The number of pyridine rings is 1. The molecule has 0 radical (unpaired) electrons. The Morgan fingerprint density at radius 2 is 2.05 bits per heavy atom. The van der Waals surface area contributed by atoms with Crippen molar-refractivity contribution in [1.82, 2.24) is 19.6 Å². The van der Waals surface area contributed by atoms with Crippen LogP contribution in [-0.2, 0) is 11.3 Å². The van der Waals surface area contributed by atoms with E-state index >= 15 is 0 Å². The molecule has 0 amide bonds. The molecule has 0 aliphatic heterocycles. The molecule has 1 N–H and O–H groups in total. The normalized spacial score (nSPS) is 12.6. The summed E-state index contributed by atoms with van der Waals surface area (Å²) in [5, 5.41) is 13.6. The molecule has 0 spiro atoms. The van der Waals surface area contributed by atoms with E-state index in [-0.39, 0.29) is 0 Å². The number of aliphatic hydroxyl groups is 1. The molecular formula is C16H18N4O2. The maximum Gasteiger partial charge on any atom is 0.153 e. The van der Waals surface area contributed by atoms with E-state index in [2.05, 4.69) is 15.1 Å². The Morgan fingerprint density at radius 1 is 1.23 bits per heavy atom. The van der Waals surface area contributed by atoms with Gasteiger partial charge in [-0.1, -0.05) is 6.92 Å². The summed E-state index contributed by atoms with van der Waals surface area (Å²) in [6.45, 7) is 2.52. The number of nitrogens with zero attached hydrogens (tertiary/aromatic N) is 4. The second-order valence-electron chi connectivity index (χ2n) is 5.08. The number of aliphatic hydroxyl groups excluding tert-OH is 1. The molecule has 0 fully saturated rings. The lowest BCUT2D eigenvalue weighted by Crippen LogP contribution is -2.14. The zero-order valence-corrected chi connectivity index (χ0v) is 12.4. The van der Waals surface area contributed by atoms with Crippen molar-refractivity contribution in [3.8, 4) is 11.1 Å². The second-order valence-corrected chi connectivity index (χ2v) is 5.08. The van der Waals surface area contributed by atoms with Gasteiger partial charge in [-0.05, 0) is 30.2 Å². The van der Waals surface area contributed by atoms with Gasteiger partial charge in [-0.15, -0.1) is 0 Å². The van der Waals surface area contributed by atoms with Gasteiger partial charge in [-0.3, -0.25) is 0 Å². The van der Waals surface area contributed by atoms with Crippen LogP contribution in [0.1, 0.15) is 19.2 Å². The van der Waals surface area contributed by atoms with Crippen molar-refractivity contribution in [3.05, 3.63) is 48.8 Å². The van der Waals surface area contributed by atoms with E-state index in [0.717, 1.165) is 16.6 Å². The number of ether oxygens (including phenoxy) is 1. The van der Waals surface area contributed by atoms with Crippen LogP contribution in [0.15, 0.2) is 43.0 Å². The Labute approximate surface area is 128 Å².